The summed E-state index contributed by atoms with van der Waals surface area (Å²) in [4.78, 5) is 17.8. The number of rotatable bonds is 6. The summed E-state index contributed by atoms with van der Waals surface area (Å²) in [5.74, 6) is 1.52. The van der Waals surface area contributed by atoms with Crippen LogP contribution in [0.1, 0.15) is 44.0 Å². The SMILES string of the molecule is COc1oc([C@H](C2CCCCC2)N2CCOCC2)nc1-c1ccc([N+](=O)[O-])cc1. The van der Waals surface area contributed by atoms with Crippen LogP contribution < -0.4 is 4.74 Å². The average molecular weight is 401 g/mol. The first-order valence-corrected chi connectivity index (χ1v) is 10.3. The van der Waals surface area contributed by atoms with Gasteiger partial charge in [-0.1, -0.05) is 19.3 Å². The van der Waals surface area contributed by atoms with Crippen molar-refractivity contribution in [2.75, 3.05) is 33.4 Å². The Labute approximate surface area is 170 Å². The molecule has 0 unspecified atom stereocenters. The Hall–Kier alpha value is -2.45. The van der Waals surface area contributed by atoms with Crippen molar-refractivity contribution in [2.24, 2.45) is 5.92 Å². The number of nitro benzene ring substituents is 1. The van der Waals surface area contributed by atoms with Crippen LogP contribution in [0.15, 0.2) is 28.7 Å². The van der Waals surface area contributed by atoms with E-state index in [2.05, 4.69) is 4.90 Å². The lowest BCUT2D eigenvalue weighted by Crippen LogP contribution is -2.42. The Morgan fingerprint density at radius 1 is 1.17 bits per heavy atom. The van der Waals surface area contributed by atoms with Crippen molar-refractivity contribution in [3.05, 3.63) is 40.3 Å². The summed E-state index contributed by atoms with van der Waals surface area (Å²) in [5.41, 5.74) is 1.38. The van der Waals surface area contributed by atoms with Crippen LogP contribution in [0.25, 0.3) is 11.3 Å². The summed E-state index contributed by atoms with van der Waals surface area (Å²) >= 11 is 0. The number of morpholine rings is 1. The topological polar surface area (TPSA) is 90.9 Å². The molecular formula is C21H27N3O5. The maximum atomic E-state index is 10.9. The Morgan fingerprint density at radius 2 is 1.86 bits per heavy atom. The van der Waals surface area contributed by atoms with Crippen LogP contribution in [0, 0.1) is 16.0 Å². The summed E-state index contributed by atoms with van der Waals surface area (Å²) in [5, 5.41) is 10.9. The highest BCUT2D eigenvalue weighted by Crippen LogP contribution is 2.42. The van der Waals surface area contributed by atoms with Crippen LogP contribution in [0.2, 0.25) is 0 Å². The van der Waals surface area contributed by atoms with E-state index in [9.17, 15) is 10.1 Å². The zero-order chi connectivity index (χ0) is 20.2. The van der Waals surface area contributed by atoms with Crippen molar-refractivity contribution in [3.8, 4) is 17.2 Å². The highest BCUT2D eigenvalue weighted by atomic mass is 16.6. The van der Waals surface area contributed by atoms with Gasteiger partial charge in [0.2, 0.25) is 5.89 Å². The van der Waals surface area contributed by atoms with E-state index in [1.807, 2.05) is 0 Å². The van der Waals surface area contributed by atoms with E-state index in [-0.39, 0.29) is 11.7 Å². The number of oxazole rings is 1. The smallest absolute Gasteiger partial charge is 0.313 e. The minimum Gasteiger partial charge on any atom is -0.467 e. The molecule has 0 amide bonds. The van der Waals surface area contributed by atoms with Gasteiger partial charge in [0.15, 0.2) is 5.69 Å². The fraction of sp³-hybridized carbons (Fsp3) is 0.571. The second-order valence-corrected chi connectivity index (χ2v) is 7.69. The minimum atomic E-state index is -0.410. The molecule has 0 bridgehead atoms. The van der Waals surface area contributed by atoms with Crippen molar-refractivity contribution in [1.82, 2.24) is 9.88 Å². The second kappa shape index (κ2) is 8.92. The maximum absolute atomic E-state index is 10.9. The van der Waals surface area contributed by atoms with E-state index in [4.69, 9.17) is 18.9 Å². The average Bonchev–Trinajstić information content (AvgIpc) is 3.19. The number of non-ortho nitro benzene ring substituents is 1. The Balaban J connectivity index is 1.68. The quantitative estimate of drug-likeness (QED) is 0.529. The molecule has 156 valence electrons. The molecule has 1 aliphatic carbocycles. The van der Waals surface area contributed by atoms with Crippen molar-refractivity contribution in [2.45, 2.75) is 38.1 Å². The molecule has 1 aromatic heterocycles. The molecule has 1 saturated carbocycles. The lowest BCUT2D eigenvalue weighted by Gasteiger charge is -2.38. The molecule has 0 spiro atoms. The molecule has 2 aliphatic rings. The zero-order valence-corrected chi connectivity index (χ0v) is 16.7. The number of methoxy groups -OCH3 is 1. The summed E-state index contributed by atoms with van der Waals surface area (Å²) in [6.07, 6.45) is 6.09. The zero-order valence-electron chi connectivity index (χ0n) is 16.7. The molecule has 4 rings (SSSR count). The normalized spacial score (nSPS) is 19.8. The molecule has 0 radical (unpaired) electrons. The predicted octanol–water partition coefficient (Wildman–Crippen LogP) is 4.21. The van der Waals surface area contributed by atoms with Gasteiger partial charge in [0.05, 0.1) is 31.3 Å². The number of nitro groups is 1. The monoisotopic (exact) mass is 401 g/mol. The van der Waals surface area contributed by atoms with E-state index in [1.165, 1.54) is 44.2 Å². The molecule has 29 heavy (non-hydrogen) atoms. The predicted molar refractivity (Wildman–Crippen MR) is 107 cm³/mol. The highest BCUT2D eigenvalue weighted by molar-refractivity contribution is 5.65. The third kappa shape index (κ3) is 4.28. The molecule has 2 fully saturated rings. The van der Waals surface area contributed by atoms with Crippen LogP contribution in [-0.2, 0) is 4.74 Å². The van der Waals surface area contributed by atoms with Gasteiger partial charge in [0.25, 0.3) is 5.69 Å². The van der Waals surface area contributed by atoms with Crippen LogP contribution >= 0.6 is 0 Å². The standard InChI is InChI=1S/C21H27N3O5/c1-27-21-18(15-7-9-17(10-8-15)24(25)26)22-20(29-21)19(16-5-3-2-4-6-16)23-11-13-28-14-12-23/h7-10,16,19H,2-6,11-14H2,1H3/t19-/m0/s1. The highest BCUT2D eigenvalue weighted by Gasteiger charge is 2.35. The summed E-state index contributed by atoms with van der Waals surface area (Å²) in [6, 6.07) is 6.42. The van der Waals surface area contributed by atoms with Gasteiger partial charge >= 0.3 is 5.95 Å². The van der Waals surface area contributed by atoms with E-state index in [0.717, 1.165) is 31.9 Å². The van der Waals surface area contributed by atoms with Crippen molar-refractivity contribution in [1.29, 1.82) is 0 Å². The van der Waals surface area contributed by atoms with Crippen LogP contribution in [0.4, 0.5) is 5.69 Å². The lowest BCUT2D eigenvalue weighted by atomic mass is 9.83. The molecule has 2 aromatic rings. The van der Waals surface area contributed by atoms with E-state index >= 15 is 0 Å². The molecule has 8 nitrogen and oxygen atoms in total. The Bertz CT molecular complexity index is 805. The van der Waals surface area contributed by atoms with Gasteiger partial charge in [-0.15, -0.1) is 0 Å². The van der Waals surface area contributed by atoms with Gasteiger partial charge in [-0.2, -0.15) is 0 Å². The Morgan fingerprint density at radius 3 is 2.48 bits per heavy atom. The number of aromatic nitrogens is 1. The van der Waals surface area contributed by atoms with Crippen molar-refractivity contribution >= 4 is 5.69 Å². The first kappa shape index (κ1) is 19.8. The van der Waals surface area contributed by atoms with Crippen molar-refractivity contribution in [3.63, 3.8) is 0 Å². The van der Waals surface area contributed by atoms with Gasteiger partial charge in [-0.3, -0.25) is 15.0 Å². The first-order chi connectivity index (χ1) is 14.2. The number of nitrogens with zero attached hydrogens (tertiary/aromatic N) is 3. The van der Waals surface area contributed by atoms with Crippen molar-refractivity contribution < 1.29 is 18.8 Å². The Kier molecular flexibility index (Phi) is 6.10. The van der Waals surface area contributed by atoms with Gasteiger partial charge in [0.1, 0.15) is 0 Å². The minimum absolute atomic E-state index is 0.0461. The van der Waals surface area contributed by atoms with Crippen LogP contribution in [-0.4, -0.2) is 48.2 Å². The summed E-state index contributed by atoms with van der Waals surface area (Å²) in [7, 11) is 1.56. The molecule has 2 heterocycles. The fourth-order valence-corrected chi connectivity index (χ4v) is 4.47. The van der Waals surface area contributed by atoms with Gasteiger partial charge in [-0.05, 0) is 30.9 Å². The summed E-state index contributed by atoms with van der Waals surface area (Å²) in [6.45, 7) is 3.16. The first-order valence-electron chi connectivity index (χ1n) is 10.3. The molecule has 1 atom stereocenters. The molecule has 8 heteroatoms. The molecular weight excluding hydrogens is 374 g/mol. The molecule has 1 saturated heterocycles. The maximum Gasteiger partial charge on any atom is 0.313 e. The number of ether oxygens (including phenoxy) is 2. The van der Waals surface area contributed by atoms with Crippen LogP contribution in [0.3, 0.4) is 0 Å². The molecule has 1 aliphatic heterocycles. The van der Waals surface area contributed by atoms with Crippen LogP contribution in [0.5, 0.6) is 5.95 Å². The van der Waals surface area contributed by atoms with E-state index < -0.39 is 4.92 Å². The fourth-order valence-electron chi connectivity index (χ4n) is 4.47. The van der Waals surface area contributed by atoms with Gasteiger partial charge in [-0.25, -0.2) is 4.98 Å². The van der Waals surface area contributed by atoms with Gasteiger partial charge < -0.3 is 13.9 Å². The largest absolute Gasteiger partial charge is 0.467 e. The number of benzene rings is 1. The third-order valence-electron chi connectivity index (χ3n) is 5.94. The van der Waals surface area contributed by atoms with E-state index in [0.29, 0.717) is 23.4 Å². The second-order valence-electron chi connectivity index (χ2n) is 7.69. The third-order valence-corrected chi connectivity index (χ3v) is 5.94. The lowest BCUT2D eigenvalue weighted by molar-refractivity contribution is -0.384. The summed E-state index contributed by atoms with van der Waals surface area (Å²) < 4.78 is 17.1. The molecule has 1 aromatic carbocycles. The number of hydrogen-bond acceptors (Lipinski definition) is 7. The molecule has 0 N–H and O–H groups in total. The van der Waals surface area contributed by atoms with E-state index in [1.54, 1.807) is 19.2 Å². The number of hydrogen-bond donors (Lipinski definition) is 0. The van der Waals surface area contributed by atoms with Gasteiger partial charge in [0, 0.05) is 30.8 Å².